The van der Waals surface area contributed by atoms with Crippen LogP contribution in [0.3, 0.4) is 0 Å². The summed E-state index contributed by atoms with van der Waals surface area (Å²) in [5.41, 5.74) is 2.00. The first kappa shape index (κ1) is 12.2. The lowest BCUT2D eigenvalue weighted by Crippen LogP contribution is -2.04. The van der Waals surface area contributed by atoms with Gasteiger partial charge in [-0.05, 0) is 30.9 Å². The molecule has 0 bridgehead atoms. The molecule has 0 spiro atoms. The van der Waals surface area contributed by atoms with Crippen molar-refractivity contribution in [2.45, 2.75) is 6.42 Å². The molecule has 1 aromatic rings. The Balaban J connectivity index is 2.29. The average molecular weight is 226 g/mol. The monoisotopic (exact) mass is 226 g/mol. The van der Waals surface area contributed by atoms with Gasteiger partial charge in [0.2, 0.25) is 0 Å². The topological polar surface area (TPSA) is 43.4 Å². The van der Waals surface area contributed by atoms with Crippen molar-refractivity contribution in [1.29, 1.82) is 0 Å². The fraction of sp³-hybridized carbons (Fsp3) is 0.273. The zero-order chi connectivity index (χ0) is 11.3. The molecule has 0 aliphatic heterocycles. The van der Waals surface area contributed by atoms with Crippen molar-refractivity contribution in [2.24, 2.45) is 0 Å². The molecule has 0 N–H and O–H groups in total. The minimum absolute atomic E-state index is 0.185. The number of rotatable bonds is 5. The third kappa shape index (κ3) is 5.54. The van der Waals surface area contributed by atoms with Crippen LogP contribution < -0.4 is 0 Å². The molecule has 82 valence electrons. The van der Waals surface area contributed by atoms with Gasteiger partial charge in [-0.25, -0.2) is 0 Å². The van der Waals surface area contributed by atoms with Gasteiger partial charge in [0.25, 0.3) is 10.1 Å². The van der Waals surface area contributed by atoms with Crippen molar-refractivity contribution < 1.29 is 12.6 Å². The van der Waals surface area contributed by atoms with Gasteiger partial charge in [-0.15, -0.1) is 0 Å². The van der Waals surface area contributed by atoms with Crippen LogP contribution in [0.4, 0.5) is 0 Å². The Labute approximate surface area is 91.2 Å². The summed E-state index contributed by atoms with van der Waals surface area (Å²) >= 11 is 0. The molecule has 1 rings (SSSR count). The smallest absolute Gasteiger partial charge is 0.264 e. The molecule has 0 aliphatic rings. The van der Waals surface area contributed by atoms with Gasteiger partial charge in [-0.2, -0.15) is 8.42 Å². The van der Waals surface area contributed by atoms with Crippen LogP contribution in [-0.2, 0) is 14.3 Å². The lowest BCUT2D eigenvalue weighted by molar-refractivity contribution is 0.325. The minimum Gasteiger partial charge on any atom is -0.270 e. The van der Waals surface area contributed by atoms with E-state index < -0.39 is 10.1 Å². The molecule has 0 fully saturated rings. The molecule has 15 heavy (non-hydrogen) atoms. The Morgan fingerprint density at radius 3 is 2.47 bits per heavy atom. The van der Waals surface area contributed by atoms with Crippen LogP contribution in [0.5, 0.6) is 0 Å². The van der Waals surface area contributed by atoms with Gasteiger partial charge in [-0.1, -0.05) is 24.3 Å². The van der Waals surface area contributed by atoms with Crippen LogP contribution in [-0.4, -0.2) is 21.3 Å². The van der Waals surface area contributed by atoms with E-state index in [0.717, 1.165) is 17.4 Å². The van der Waals surface area contributed by atoms with Crippen molar-refractivity contribution in [3.05, 3.63) is 48.7 Å². The summed E-state index contributed by atoms with van der Waals surface area (Å²) in [5, 5.41) is 0. The molecule has 3 nitrogen and oxygen atoms in total. The summed E-state index contributed by atoms with van der Waals surface area (Å²) in [6.45, 7) is 3.96. The van der Waals surface area contributed by atoms with Gasteiger partial charge < -0.3 is 0 Å². The molecule has 2 radical (unpaired) electrons. The number of benzene rings is 1. The standard InChI is InChI=1S/C11H14O3S/c1-10-5-7-11(8-6-10)4-3-9-14-15(2,12)13/h4-8H,1,3,9H2,2H3. The predicted molar refractivity (Wildman–Crippen MR) is 59.7 cm³/mol. The maximum atomic E-state index is 10.6. The van der Waals surface area contributed by atoms with E-state index in [-0.39, 0.29) is 6.61 Å². The third-order valence-corrected chi connectivity index (χ3v) is 2.37. The molecule has 0 atom stereocenters. The van der Waals surface area contributed by atoms with E-state index >= 15 is 0 Å². The Kier molecular flexibility index (Phi) is 4.29. The van der Waals surface area contributed by atoms with Crippen molar-refractivity contribution >= 4 is 10.1 Å². The lowest BCUT2D eigenvalue weighted by Gasteiger charge is -2.02. The second kappa shape index (κ2) is 5.28. The molecule has 0 aliphatic carbocycles. The van der Waals surface area contributed by atoms with Crippen LogP contribution in [0.1, 0.15) is 17.5 Å². The van der Waals surface area contributed by atoms with Gasteiger partial charge in [0, 0.05) is 0 Å². The van der Waals surface area contributed by atoms with E-state index in [4.69, 9.17) is 0 Å². The molecular weight excluding hydrogens is 212 g/mol. The summed E-state index contributed by atoms with van der Waals surface area (Å²) in [6, 6.07) is 7.68. The van der Waals surface area contributed by atoms with Crippen LogP contribution >= 0.6 is 0 Å². The van der Waals surface area contributed by atoms with Gasteiger partial charge in [0.15, 0.2) is 0 Å². The van der Waals surface area contributed by atoms with Crippen LogP contribution in [0.2, 0.25) is 0 Å². The zero-order valence-corrected chi connectivity index (χ0v) is 9.46. The summed E-state index contributed by atoms with van der Waals surface area (Å²) in [5.74, 6) is 0. The first-order valence-corrected chi connectivity index (χ1v) is 6.39. The SMILES string of the molecule is [CH2]c1ccc([CH]CCOS(C)(=O)=O)cc1. The van der Waals surface area contributed by atoms with E-state index in [1.807, 2.05) is 30.7 Å². The highest BCUT2D eigenvalue weighted by Crippen LogP contribution is 2.07. The highest BCUT2D eigenvalue weighted by Gasteiger charge is 2.01. The summed E-state index contributed by atoms with van der Waals surface area (Å²) in [6.07, 6.45) is 3.54. The fourth-order valence-corrected chi connectivity index (χ4v) is 1.48. The molecule has 0 heterocycles. The number of hydrogen-bond donors (Lipinski definition) is 0. The Morgan fingerprint density at radius 2 is 1.93 bits per heavy atom. The maximum absolute atomic E-state index is 10.6. The van der Waals surface area contributed by atoms with Gasteiger partial charge in [0.05, 0.1) is 12.9 Å². The van der Waals surface area contributed by atoms with Crippen LogP contribution in [0.25, 0.3) is 0 Å². The van der Waals surface area contributed by atoms with Gasteiger partial charge >= 0.3 is 0 Å². The molecule has 0 unspecified atom stereocenters. The van der Waals surface area contributed by atoms with Crippen molar-refractivity contribution in [1.82, 2.24) is 0 Å². The second-order valence-electron chi connectivity index (χ2n) is 3.26. The lowest BCUT2D eigenvalue weighted by atomic mass is 10.1. The molecule has 0 aromatic heterocycles. The van der Waals surface area contributed by atoms with Gasteiger partial charge in [0.1, 0.15) is 0 Å². The first-order chi connectivity index (χ1) is 6.97. The van der Waals surface area contributed by atoms with Crippen molar-refractivity contribution in [3.8, 4) is 0 Å². The molecule has 0 saturated heterocycles. The second-order valence-corrected chi connectivity index (χ2v) is 4.90. The largest absolute Gasteiger partial charge is 0.270 e. The van der Waals surface area contributed by atoms with E-state index in [9.17, 15) is 8.42 Å². The average Bonchev–Trinajstić information content (AvgIpc) is 2.14. The summed E-state index contributed by atoms with van der Waals surface area (Å²) in [7, 11) is -3.32. The molecule has 0 saturated carbocycles. The number of hydrogen-bond acceptors (Lipinski definition) is 3. The van der Waals surface area contributed by atoms with E-state index in [0.29, 0.717) is 6.42 Å². The molecular formula is C11H14O3S. The minimum atomic E-state index is -3.32. The van der Waals surface area contributed by atoms with Crippen molar-refractivity contribution in [2.75, 3.05) is 12.9 Å². The molecule has 4 heteroatoms. The highest BCUT2D eigenvalue weighted by molar-refractivity contribution is 7.85. The first-order valence-electron chi connectivity index (χ1n) is 4.57. The third-order valence-electron chi connectivity index (χ3n) is 1.78. The summed E-state index contributed by atoms with van der Waals surface area (Å²) in [4.78, 5) is 0. The van der Waals surface area contributed by atoms with Crippen molar-refractivity contribution in [3.63, 3.8) is 0 Å². The van der Waals surface area contributed by atoms with Gasteiger partial charge in [-0.3, -0.25) is 4.18 Å². The predicted octanol–water partition coefficient (Wildman–Crippen LogP) is 1.79. The van der Waals surface area contributed by atoms with E-state index in [1.54, 1.807) is 0 Å². The Hall–Kier alpha value is -0.870. The fourth-order valence-electron chi connectivity index (χ4n) is 1.08. The maximum Gasteiger partial charge on any atom is 0.264 e. The van der Waals surface area contributed by atoms with E-state index in [1.165, 1.54) is 0 Å². The van der Waals surface area contributed by atoms with Crippen LogP contribution in [0, 0.1) is 13.3 Å². The quantitative estimate of drug-likeness (QED) is 0.568. The summed E-state index contributed by atoms with van der Waals surface area (Å²) < 4.78 is 25.9. The molecule has 1 aromatic carbocycles. The normalized spacial score (nSPS) is 11.6. The Morgan fingerprint density at radius 1 is 1.33 bits per heavy atom. The Bertz CT molecular complexity index is 392. The van der Waals surface area contributed by atoms with Crippen LogP contribution in [0.15, 0.2) is 24.3 Å². The van der Waals surface area contributed by atoms with E-state index in [2.05, 4.69) is 11.1 Å². The zero-order valence-electron chi connectivity index (χ0n) is 8.64. The highest BCUT2D eigenvalue weighted by atomic mass is 32.2. The molecule has 0 amide bonds.